The molecule has 0 saturated heterocycles. The van der Waals surface area contributed by atoms with Crippen molar-refractivity contribution in [3.63, 3.8) is 0 Å². The Hall–Kier alpha value is -2.86. The topological polar surface area (TPSA) is 93.1 Å². The summed E-state index contributed by atoms with van der Waals surface area (Å²) >= 11 is 0. The third-order valence-electron chi connectivity index (χ3n) is 8.21. The highest BCUT2D eigenvalue weighted by Gasteiger charge is 2.45. The molecule has 6 nitrogen and oxygen atoms in total. The number of ether oxygens (including phenoxy) is 2. The Balaban J connectivity index is 1.41. The van der Waals surface area contributed by atoms with Crippen molar-refractivity contribution < 1.29 is 29.3 Å². The number of carboxylic acid groups (broad SMARTS) is 1. The van der Waals surface area contributed by atoms with Gasteiger partial charge in [-0.05, 0) is 98.9 Å². The van der Waals surface area contributed by atoms with Gasteiger partial charge in [-0.2, -0.15) is 0 Å². The van der Waals surface area contributed by atoms with Gasteiger partial charge in [-0.1, -0.05) is 49.6 Å². The minimum Gasteiger partial charge on any atom is -0.482 e. The first-order chi connectivity index (χ1) is 17.9. The maximum Gasteiger partial charge on any atom is 0.341 e. The van der Waals surface area contributed by atoms with E-state index >= 15 is 0 Å². The lowest BCUT2D eigenvalue weighted by Gasteiger charge is -2.32. The zero-order valence-electron chi connectivity index (χ0n) is 22.0. The fourth-order valence-corrected chi connectivity index (χ4v) is 6.25. The molecule has 6 heteroatoms. The molecule has 0 unspecified atom stereocenters. The van der Waals surface area contributed by atoms with E-state index in [2.05, 4.69) is 13.0 Å². The van der Waals surface area contributed by atoms with E-state index in [0.29, 0.717) is 23.1 Å². The number of aliphatic hydroxyl groups excluding tert-OH is 1. The van der Waals surface area contributed by atoms with E-state index in [1.165, 1.54) is 5.56 Å². The van der Waals surface area contributed by atoms with Crippen molar-refractivity contribution in [1.29, 1.82) is 0 Å². The molecule has 4 rings (SSSR count). The molecule has 1 fully saturated rings. The highest BCUT2D eigenvalue weighted by molar-refractivity contribution is 5.89. The van der Waals surface area contributed by atoms with E-state index in [4.69, 9.17) is 14.6 Å². The first-order valence-electron chi connectivity index (χ1n) is 13.8. The molecule has 0 aliphatic heterocycles. The number of carbonyl (C=O) groups is 2. The van der Waals surface area contributed by atoms with E-state index in [-0.39, 0.29) is 30.7 Å². The summed E-state index contributed by atoms with van der Waals surface area (Å²) < 4.78 is 11.6. The molecule has 0 heterocycles. The second-order valence-corrected chi connectivity index (χ2v) is 10.8. The molecule has 2 aliphatic carbocycles. The van der Waals surface area contributed by atoms with Crippen LogP contribution < -0.4 is 4.74 Å². The number of hydrogen-bond donors (Lipinski definition) is 2. The van der Waals surface area contributed by atoms with Gasteiger partial charge in [0.1, 0.15) is 11.9 Å². The number of aliphatic hydroxyl groups is 1. The van der Waals surface area contributed by atoms with Crippen LogP contribution in [0, 0.1) is 24.7 Å². The molecule has 2 aromatic carbocycles. The first kappa shape index (κ1) is 27.2. The molecular formula is C31H40O6. The Morgan fingerprint density at radius 1 is 1.05 bits per heavy atom. The second kappa shape index (κ2) is 12.6. The van der Waals surface area contributed by atoms with Crippen LogP contribution in [0.2, 0.25) is 0 Å². The average Bonchev–Trinajstić information content (AvgIpc) is 3.18. The van der Waals surface area contributed by atoms with Crippen molar-refractivity contribution in [2.24, 2.45) is 17.8 Å². The van der Waals surface area contributed by atoms with Gasteiger partial charge >= 0.3 is 11.9 Å². The van der Waals surface area contributed by atoms with Crippen LogP contribution in [0.3, 0.4) is 0 Å². The molecule has 0 spiro atoms. The largest absolute Gasteiger partial charge is 0.482 e. The fourth-order valence-electron chi connectivity index (χ4n) is 6.25. The van der Waals surface area contributed by atoms with Crippen molar-refractivity contribution in [2.45, 2.75) is 83.8 Å². The Morgan fingerprint density at radius 3 is 2.57 bits per heavy atom. The maximum atomic E-state index is 12.8. The minimum absolute atomic E-state index is 0.154. The van der Waals surface area contributed by atoms with Crippen molar-refractivity contribution >= 4 is 11.9 Å². The van der Waals surface area contributed by atoms with Crippen LogP contribution >= 0.6 is 0 Å². The van der Waals surface area contributed by atoms with E-state index < -0.39 is 5.97 Å². The average molecular weight is 509 g/mol. The highest BCUT2D eigenvalue weighted by atomic mass is 16.5. The van der Waals surface area contributed by atoms with Crippen molar-refractivity contribution in [1.82, 2.24) is 0 Å². The van der Waals surface area contributed by atoms with Gasteiger partial charge in [0.05, 0.1) is 11.7 Å². The van der Waals surface area contributed by atoms with Crippen LogP contribution in [0.1, 0.15) is 78.9 Å². The van der Waals surface area contributed by atoms with Gasteiger partial charge in [0.15, 0.2) is 6.61 Å². The number of unbranched alkanes of at least 4 members (excludes halogenated alkanes) is 2. The molecular weight excluding hydrogens is 468 g/mol. The van der Waals surface area contributed by atoms with Crippen LogP contribution in [0.25, 0.3) is 0 Å². The molecule has 2 aliphatic rings. The Bertz CT molecular complexity index is 1060. The summed E-state index contributed by atoms with van der Waals surface area (Å²) in [4.78, 5) is 23.8. The van der Waals surface area contributed by atoms with Gasteiger partial charge in [-0.15, -0.1) is 0 Å². The predicted molar refractivity (Wildman–Crippen MR) is 142 cm³/mol. The van der Waals surface area contributed by atoms with Gasteiger partial charge in [-0.3, -0.25) is 0 Å². The minimum atomic E-state index is -0.987. The number of benzene rings is 2. The van der Waals surface area contributed by atoms with Gasteiger partial charge < -0.3 is 19.7 Å². The van der Waals surface area contributed by atoms with Crippen molar-refractivity contribution in [3.8, 4) is 5.75 Å². The van der Waals surface area contributed by atoms with Crippen LogP contribution in [0.15, 0.2) is 42.5 Å². The second-order valence-electron chi connectivity index (χ2n) is 10.8. The Labute approximate surface area is 220 Å². The summed E-state index contributed by atoms with van der Waals surface area (Å²) in [5.41, 5.74) is 3.96. The molecule has 2 N–H and O–H groups in total. The van der Waals surface area contributed by atoms with Crippen LogP contribution in [0.5, 0.6) is 5.75 Å². The van der Waals surface area contributed by atoms with E-state index in [0.717, 1.165) is 68.9 Å². The summed E-state index contributed by atoms with van der Waals surface area (Å²) in [7, 11) is 0. The third kappa shape index (κ3) is 6.92. The first-order valence-corrected chi connectivity index (χ1v) is 13.8. The van der Waals surface area contributed by atoms with Gasteiger partial charge in [0.25, 0.3) is 0 Å². The van der Waals surface area contributed by atoms with Gasteiger partial charge in [0.2, 0.25) is 0 Å². The van der Waals surface area contributed by atoms with E-state index in [1.807, 2.05) is 43.3 Å². The number of hydrogen-bond acceptors (Lipinski definition) is 5. The van der Waals surface area contributed by atoms with E-state index in [9.17, 15) is 14.7 Å². The Kier molecular flexibility index (Phi) is 9.25. The number of carbonyl (C=O) groups excluding carboxylic acids is 1. The quantitative estimate of drug-likeness (QED) is 0.280. The standard InChI is InChI=1S/C31H40O6/c1-3-4-5-8-24(37-31(35)21-12-10-20(2)11-13-21)14-15-25-26-16-22-7-6-9-29(36-19-30(33)34)27(22)17-23(26)18-28(25)32/h6-7,9-13,23-26,28,32H,3-5,8,14-19H2,1-2H3,(H,33,34)/t23-,24-,25+,26-,28+/m0/s1. The number of rotatable bonds is 12. The molecule has 200 valence electrons. The molecule has 0 amide bonds. The molecule has 5 atom stereocenters. The fraction of sp³-hybridized carbons (Fsp3) is 0.548. The molecule has 0 aromatic heterocycles. The monoisotopic (exact) mass is 508 g/mol. The van der Waals surface area contributed by atoms with E-state index in [1.54, 1.807) is 0 Å². The number of esters is 1. The smallest absolute Gasteiger partial charge is 0.341 e. The number of carboxylic acids is 1. The lowest BCUT2D eigenvalue weighted by atomic mass is 9.73. The molecule has 37 heavy (non-hydrogen) atoms. The normalized spacial score (nSPS) is 23.1. The van der Waals surface area contributed by atoms with Crippen molar-refractivity contribution in [2.75, 3.05) is 6.61 Å². The number of fused-ring (bicyclic) bond motifs is 2. The SMILES string of the molecule is CCCCC[C@@H](CC[C@@H]1[C@H]2Cc3cccc(OCC(=O)O)c3C[C@H]2C[C@H]1O)OC(=O)c1ccc(C)cc1. The lowest BCUT2D eigenvalue weighted by Crippen LogP contribution is -2.29. The van der Waals surface area contributed by atoms with Crippen LogP contribution in [0.4, 0.5) is 0 Å². The maximum absolute atomic E-state index is 12.8. The van der Waals surface area contributed by atoms with Gasteiger partial charge in [0, 0.05) is 0 Å². The highest BCUT2D eigenvalue weighted by Crippen LogP contribution is 2.48. The van der Waals surface area contributed by atoms with Crippen LogP contribution in [-0.4, -0.2) is 41.0 Å². The third-order valence-corrected chi connectivity index (χ3v) is 8.21. The zero-order chi connectivity index (χ0) is 26.4. The molecule has 1 saturated carbocycles. The molecule has 2 aromatic rings. The van der Waals surface area contributed by atoms with Gasteiger partial charge in [-0.25, -0.2) is 9.59 Å². The zero-order valence-corrected chi connectivity index (χ0v) is 22.0. The predicted octanol–water partition coefficient (Wildman–Crippen LogP) is 5.76. The van der Waals surface area contributed by atoms with Crippen molar-refractivity contribution in [3.05, 3.63) is 64.7 Å². The molecule has 0 bridgehead atoms. The summed E-state index contributed by atoms with van der Waals surface area (Å²) in [6.07, 6.45) is 7.53. The summed E-state index contributed by atoms with van der Waals surface area (Å²) in [6, 6.07) is 13.4. The summed E-state index contributed by atoms with van der Waals surface area (Å²) in [5.74, 6) is 0.256. The number of aliphatic carboxylic acids is 1. The molecule has 0 radical (unpaired) electrons. The summed E-state index contributed by atoms with van der Waals surface area (Å²) in [6.45, 7) is 3.81. The van der Waals surface area contributed by atoms with Crippen LogP contribution in [-0.2, 0) is 22.4 Å². The Morgan fingerprint density at radius 2 is 1.84 bits per heavy atom. The lowest BCUT2D eigenvalue weighted by molar-refractivity contribution is -0.139. The summed E-state index contributed by atoms with van der Waals surface area (Å²) in [5, 5.41) is 20.1. The number of aryl methyl sites for hydroxylation is 1.